The Morgan fingerprint density at radius 2 is 0.861 bits per heavy atom. The molecule has 0 aliphatic carbocycles. The van der Waals surface area contributed by atoms with Gasteiger partial charge in [-0.05, 0) is 47.8 Å². The minimum Gasteiger partial charge on any atom is -0.872 e. The largest absolute Gasteiger partial charge is 2.00 e. The zero-order valence-corrected chi connectivity index (χ0v) is 25.1. The number of rotatable bonds is 12. The first-order valence-corrected chi connectivity index (χ1v) is 13.8. The van der Waals surface area contributed by atoms with Crippen molar-refractivity contribution < 1.29 is 26.7 Å². The van der Waals surface area contributed by atoms with Crippen molar-refractivity contribution in [2.75, 3.05) is 6.54 Å². The summed E-state index contributed by atoms with van der Waals surface area (Å²) >= 11 is 0. The fourth-order valence-corrected chi connectivity index (χ4v) is 3.94. The van der Waals surface area contributed by atoms with Crippen molar-refractivity contribution >= 4 is 0 Å². The van der Waals surface area contributed by atoms with E-state index in [-0.39, 0.29) is 38.8 Å². The van der Waals surface area contributed by atoms with Gasteiger partial charge < -0.3 is 15.9 Å². The van der Waals surface area contributed by atoms with Crippen LogP contribution in [0, 0.1) is 0 Å². The number of hydrogen-bond acceptors (Lipinski definition) is 3. The molecule has 2 rings (SSSR count). The van der Waals surface area contributed by atoms with Crippen molar-refractivity contribution in [2.24, 2.45) is 5.73 Å². The minimum atomic E-state index is 0. The molecule has 0 spiro atoms. The maximum atomic E-state index is 11.0. The molecule has 2 aromatic carbocycles. The van der Waals surface area contributed by atoms with Crippen LogP contribution >= 0.6 is 0 Å². The molecule has 0 saturated carbocycles. The van der Waals surface area contributed by atoms with Crippen LogP contribution < -0.4 is 15.9 Å². The van der Waals surface area contributed by atoms with Crippen molar-refractivity contribution in [3.05, 3.63) is 59.7 Å². The Labute approximate surface area is 233 Å². The van der Waals surface area contributed by atoms with E-state index in [1.54, 1.807) is 24.3 Å². The van der Waals surface area contributed by atoms with Gasteiger partial charge in [0, 0.05) is 0 Å². The molecule has 3 nitrogen and oxygen atoms in total. The van der Waals surface area contributed by atoms with Gasteiger partial charge in [0.25, 0.3) is 0 Å². The molecule has 2 N–H and O–H groups in total. The first kappa shape index (κ1) is 36.6. The Balaban J connectivity index is 0. The molecule has 208 valence electrons. The molecule has 0 bridgehead atoms. The monoisotopic (exact) mass is 541 g/mol. The van der Waals surface area contributed by atoms with Crippen LogP contribution in [0.15, 0.2) is 48.5 Å². The average molecular weight is 542 g/mol. The van der Waals surface area contributed by atoms with E-state index >= 15 is 0 Å². The Kier molecular flexibility index (Phi) is 20.9. The summed E-state index contributed by atoms with van der Waals surface area (Å²) in [6.45, 7) is 16.4. The molecular weight excluding hydrogens is 489 g/mol. The molecule has 0 saturated heterocycles. The van der Waals surface area contributed by atoms with Crippen molar-refractivity contribution in [1.82, 2.24) is 0 Å². The Bertz CT molecular complexity index is 689. The molecule has 0 aromatic heterocycles. The number of unbranched alkanes of at least 4 members (excludes halogenated alkanes) is 5. The van der Waals surface area contributed by atoms with E-state index in [1.807, 2.05) is 24.3 Å². The molecule has 0 fully saturated rings. The standard InChI is InChI=1S/2C14H22O.C4H11N.Ni/c2*1-4-5-6-11-14(2,3)12-7-9-13(15)10-8-12;1-2-3-4-5;/h2*7-10,15H,4-6,11H2,1-3H3;2-5H2,1H3;/q;;;+2/p-2. The summed E-state index contributed by atoms with van der Waals surface area (Å²) in [7, 11) is 0. The van der Waals surface area contributed by atoms with Crippen LogP contribution in [0.2, 0.25) is 0 Å². The molecule has 0 aliphatic heterocycles. The fourth-order valence-electron chi connectivity index (χ4n) is 3.94. The number of hydrogen-bond donors (Lipinski definition) is 1. The van der Waals surface area contributed by atoms with Crippen molar-refractivity contribution in [1.29, 1.82) is 0 Å². The summed E-state index contributed by atoms with van der Waals surface area (Å²) in [6, 6.07) is 14.5. The minimum absolute atomic E-state index is 0. The molecular formula is C32H53NNiO2. The average Bonchev–Trinajstić information content (AvgIpc) is 2.81. The van der Waals surface area contributed by atoms with E-state index in [1.165, 1.54) is 75.3 Å². The number of benzene rings is 2. The second-order valence-electron chi connectivity index (χ2n) is 10.9. The maximum Gasteiger partial charge on any atom is 2.00 e. The SMILES string of the molecule is CCCCCC(C)(C)c1ccc([O-])cc1.CCCCCC(C)(C)c1ccc([O-])cc1.CCCCN.[Ni+2]. The van der Waals surface area contributed by atoms with Crippen molar-refractivity contribution in [3.8, 4) is 11.5 Å². The molecule has 0 atom stereocenters. The van der Waals surface area contributed by atoms with Crippen LogP contribution in [0.4, 0.5) is 0 Å². The summed E-state index contributed by atoms with van der Waals surface area (Å²) in [5.74, 6) is 0.200. The Hall–Kier alpha value is -1.51. The van der Waals surface area contributed by atoms with Crippen LogP contribution in [0.25, 0.3) is 0 Å². The van der Waals surface area contributed by atoms with Gasteiger partial charge in [-0.1, -0.05) is 142 Å². The first-order chi connectivity index (χ1) is 16.5. The Morgan fingerprint density at radius 1 is 0.556 bits per heavy atom. The zero-order valence-electron chi connectivity index (χ0n) is 24.1. The van der Waals surface area contributed by atoms with Crippen LogP contribution in [0.1, 0.15) is 124 Å². The summed E-state index contributed by atoms with van der Waals surface area (Å²) in [5, 5.41) is 22.0. The summed E-state index contributed by atoms with van der Waals surface area (Å²) in [4.78, 5) is 0. The van der Waals surface area contributed by atoms with E-state index in [2.05, 4.69) is 48.5 Å². The molecule has 4 heteroatoms. The van der Waals surface area contributed by atoms with E-state index < -0.39 is 0 Å². The zero-order chi connectivity index (χ0) is 26.7. The third kappa shape index (κ3) is 16.3. The van der Waals surface area contributed by atoms with Gasteiger partial charge in [-0.2, -0.15) is 0 Å². The van der Waals surface area contributed by atoms with Gasteiger partial charge in [-0.15, -0.1) is 11.5 Å². The van der Waals surface area contributed by atoms with Crippen molar-refractivity contribution in [3.63, 3.8) is 0 Å². The molecule has 0 aliphatic rings. The van der Waals surface area contributed by atoms with E-state index in [0.29, 0.717) is 0 Å². The molecule has 2 aromatic rings. The van der Waals surface area contributed by atoms with Gasteiger partial charge in [-0.3, -0.25) is 0 Å². The molecule has 0 heterocycles. The van der Waals surface area contributed by atoms with E-state index in [0.717, 1.165) is 6.54 Å². The van der Waals surface area contributed by atoms with Gasteiger partial charge in [0.1, 0.15) is 0 Å². The second kappa shape index (κ2) is 20.5. The fraction of sp³-hybridized carbons (Fsp3) is 0.625. The quantitative estimate of drug-likeness (QED) is 0.218. The smallest absolute Gasteiger partial charge is 0.872 e. The molecule has 0 unspecified atom stereocenters. The van der Waals surface area contributed by atoms with Gasteiger partial charge >= 0.3 is 16.5 Å². The number of nitrogens with two attached hydrogens (primary N) is 1. The molecule has 0 amide bonds. The summed E-state index contributed by atoms with van der Waals surface area (Å²) in [6.07, 6.45) is 12.4. The topological polar surface area (TPSA) is 72.1 Å². The molecule has 0 radical (unpaired) electrons. The van der Waals surface area contributed by atoms with Crippen LogP contribution in [0.3, 0.4) is 0 Å². The third-order valence-electron chi connectivity index (χ3n) is 6.64. The molecule has 36 heavy (non-hydrogen) atoms. The third-order valence-corrected chi connectivity index (χ3v) is 6.64. The van der Waals surface area contributed by atoms with Crippen LogP contribution in [-0.2, 0) is 27.3 Å². The van der Waals surface area contributed by atoms with Crippen molar-refractivity contribution in [2.45, 2.75) is 124 Å². The van der Waals surface area contributed by atoms with Gasteiger partial charge in [0.15, 0.2) is 0 Å². The summed E-state index contributed by atoms with van der Waals surface area (Å²) < 4.78 is 0. The van der Waals surface area contributed by atoms with Gasteiger partial charge in [0.05, 0.1) is 0 Å². The van der Waals surface area contributed by atoms with Crippen LogP contribution in [-0.4, -0.2) is 6.54 Å². The predicted molar refractivity (Wildman–Crippen MR) is 150 cm³/mol. The predicted octanol–water partition coefficient (Wildman–Crippen LogP) is 7.98. The van der Waals surface area contributed by atoms with Gasteiger partial charge in [0.2, 0.25) is 0 Å². The van der Waals surface area contributed by atoms with Crippen LogP contribution in [0.5, 0.6) is 11.5 Å². The van der Waals surface area contributed by atoms with E-state index in [4.69, 9.17) is 5.73 Å². The second-order valence-corrected chi connectivity index (χ2v) is 10.9. The summed E-state index contributed by atoms with van der Waals surface area (Å²) in [5.41, 5.74) is 8.09. The van der Waals surface area contributed by atoms with Gasteiger partial charge in [-0.25, -0.2) is 0 Å². The first-order valence-electron chi connectivity index (χ1n) is 13.8. The normalized spacial score (nSPS) is 10.9. The van der Waals surface area contributed by atoms with E-state index in [9.17, 15) is 10.2 Å². The maximum absolute atomic E-state index is 11.0. The Morgan fingerprint density at radius 3 is 1.08 bits per heavy atom.